The highest BCUT2D eigenvalue weighted by molar-refractivity contribution is 6.74. The lowest BCUT2D eigenvalue weighted by atomic mass is 9.92. The first-order valence-electron chi connectivity index (χ1n) is 17.3. The molecule has 2 aliphatic rings. The summed E-state index contributed by atoms with van der Waals surface area (Å²) in [5.41, 5.74) is 5.26. The zero-order valence-corrected chi connectivity index (χ0v) is 29.9. The fourth-order valence-corrected chi connectivity index (χ4v) is 8.42. The minimum atomic E-state index is -1.86. The summed E-state index contributed by atoms with van der Waals surface area (Å²) in [5.74, 6) is 0.634. The van der Waals surface area contributed by atoms with E-state index in [0.29, 0.717) is 24.4 Å². The zero-order chi connectivity index (χ0) is 33.4. The van der Waals surface area contributed by atoms with Crippen LogP contribution in [0.3, 0.4) is 0 Å². The second-order valence-corrected chi connectivity index (χ2v) is 19.9. The number of aryl methyl sites for hydroxylation is 1. The second-order valence-electron chi connectivity index (χ2n) is 15.1. The van der Waals surface area contributed by atoms with Crippen molar-refractivity contribution in [1.29, 1.82) is 5.26 Å². The van der Waals surface area contributed by atoms with Crippen LogP contribution in [0.5, 0.6) is 0 Å². The van der Waals surface area contributed by atoms with Crippen LogP contribution in [-0.2, 0) is 22.0 Å². The van der Waals surface area contributed by atoms with Crippen LogP contribution in [0.2, 0.25) is 18.1 Å². The maximum absolute atomic E-state index is 14.4. The Morgan fingerprint density at radius 1 is 1.04 bits per heavy atom. The van der Waals surface area contributed by atoms with E-state index >= 15 is 0 Å². The first-order valence-corrected chi connectivity index (χ1v) is 20.2. The van der Waals surface area contributed by atoms with Gasteiger partial charge in [-0.15, -0.1) is 0 Å². The van der Waals surface area contributed by atoms with E-state index in [1.165, 1.54) is 0 Å². The molecule has 0 unspecified atom stereocenters. The Labute approximate surface area is 279 Å². The number of aromatic nitrogens is 4. The SMILES string of the molecule is CCCc1c(Cc2ccc(-c3ccccc3C#N)cc2)c(=O)n([C@H]2CC[C@H](OCC3(O[Si](C)(C)C(C)(C)C)CC3)CC2)c2ncnn12. The molecule has 2 aromatic carbocycles. The van der Waals surface area contributed by atoms with Gasteiger partial charge in [-0.25, -0.2) is 4.52 Å². The van der Waals surface area contributed by atoms with Gasteiger partial charge in [0.05, 0.1) is 35.6 Å². The summed E-state index contributed by atoms with van der Waals surface area (Å²) in [4.78, 5) is 19.0. The molecule has 8 nitrogen and oxygen atoms in total. The van der Waals surface area contributed by atoms with Crippen molar-refractivity contribution in [2.24, 2.45) is 0 Å². The van der Waals surface area contributed by atoms with Gasteiger partial charge in [0.1, 0.15) is 6.33 Å². The van der Waals surface area contributed by atoms with Gasteiger partial charge in [-0.3, -0.25) is 9.36 Å². The molecule has 9 heteroatoms. The number of benzene rings is 2. The average molecular weight is 652 g/mol. The second kappa shape index (κ2) is 13.1. The Morgan fingerprint density at radius 3 is 2.38 bits per heavy atom. The predicted molar refractivity (Wildman–Crippen MR) is 188 cm³/mol. The minimum absolute atomic E-state index is 0.0388. The van der Waals surface area contributed by atoms with Crippen molar-refractivity contribution >= 4 is 14.1 Å². The van der Waals surface area contributed by atoms with E-state index in [0.717, 1.165) is 79.3 Å². The molecule has 0 N–H and O–H groups in total. The number of hydrogen-bond donors (Lipinski definition) is 0. The molecule has 2 fully saturated rings. The van der Waals surface area contributed by atoms with Crippen molar-refractivity contribution in [3.63, 3.8) is 0 Å². The molecule has 0 atom stereocenters. The summed E-state index contributed by atoms with van der Waals surface area (Å²) in [5, 5.41) is 14.4. The van der Waals surface area contributed by atoms with Gasteiger partial charge < -0.3 is 9.16 Å². The van der Waals surface area contributed by atoms with Crippen LogP contribution in [0.15, 0.2) is 59.7 Å². The van der Waals surface area contributed by atoms with Crippen LogP contribution in [0, 0.1) is 11.3 Å². The fraction of sp³-hybridized carbons (Fsp3) is 0.526. The Bertz CT molecular complexity index is 1820. The zero-order valence-electron chi connectivity index (χ0n) is 28.9. The molecule has 0 radical (unpaired) electrons. The Kier molecular flexibility index (Phi) is 9.32. The van der Waals surface area contributed by atoms with E-state index in [4.69, 9.17) is 9.16 Å². The molecule has 0 spiro atoms. The minimum Gasteiger partial charge on any atom is -0.409 e. The summed E-state index contributed by atoms with van der Waals surface area (Å²) in [6.07, 6.45) is 9.62. The van der Waals surface area contributed by atoms with Gasteiger partial charge in [0.15, 0.2) is 8.32 Å². The van der Waals surface area contributed by atoms with E-state index in [1.807, 2.05) is 45.5 Å². The van der Waals surface area contributed by atoms with Gasteiger partial charge in [0.2, 0.25) is 5.78 Å². The molecule has 0 bridgehead atoms. The fourth-order valence-electron chi connectivity index (χ4n) is 6.77. The molecule has 4 aromatic rings. The van der Waals surface area contributed by atoms with Gasteiger partial charge in [-0.1, -0.05) is 76.6 Å². The van der Waals surface area contributed by atoms with E-state index in [9.17, 15) is 10.1 Å². The molecular formula is C38H49N5O3Si. The highest BCUT2D eigenvalue weighted by atomic mass is 28.4. The Hall–Kier alpha value is -3.58. The first-order chi connectivity index (χ1) is 22.4. The van der Waals surface area contributed by atoms with Crippen LogP contribution >= 0.6 is 0 Å². The topological polar surface area (TPSA) is 94.4 Å². The van der Waals surface area contributed by atoms with Crippen molar-refractivity contribution in [1.82, 2.24) is 19.2 Å². The summed E-state index contributed by atoms with van der Waals surface area (Å²) < 4.78 is 17.1. The van der Waals surface area contributed by atoms with Gasteiger partial charge >= 0.3 is 0 Å². The van der Waals surface area contributed by atoms with Crippen molar-refractivity contribution in [3.8, 4) is 17.2 Å². The van der Waals surface area contributed by atoms with Crippen LogP contribution in [-0.4, -0.2) is 45.8 Å². The number of ether oxygens (including phenoxy) is 1. The average Bonchev–Trinajstić information content (AvgIpc) is 3.64. The molecule has 2 aromatic heterocycles. The Morgan fingerprint density at radius 2 is 1.74 bits per heavy atom. The third kappa shape index (κ3) is 6.87. The van der Waals surface area contributed by atoms with Crippen molar-refractivity contribution in [2.45, 2.75) is 121 Å². The standard InChI is InChI=1S/C38H49N5O3Si/c1-7-10-34-33(23-27-13-15-28(16-14-27)32-12-9-8-11-29(32)24-39)35(44)42(36-40-26-41-43(34)36)30-17-19-31(20-18-30)45-25-38(21-22-38)46-47(5,6)37(2,3)4/h8-9,11-16,26,30-31H,7,10,17-23,25H2,1-6H3/t30-,31-. The van der Waals surface area contributed by atoms with Crippen LogP contribution in [0.25, 0.3) is 16.9 Å². The number of rotatable bonds is 11. The predicted octanol–water partition coefficient (Wildman–Crippen LogP) is 8.03. The summed E-state index contributed by atoms with van der Waals surface area (Å²) in [7, 11) is -1.86. The highest BCUT2D eigenvalue weighted by Crippen LogP contribution is 2.48. The van der Waals surface area contributed by atoms with Crippen LogP contribution in [0.1, 0.15) is 101 Å². The van der Waals surface area contributed by atoms with Crippen molar-refractivity contribution in [2.75, 3.05) is 6.61 Å². The van der Waals surface area contributed by atoms with E-state index in [-0.39, 0.29) is 28.3 Å². The maximum atomic E-state index is 14.4. The number of nitriles is 1. The monoisotopic (exact) mass is 651 g/mol. The van der Waals surface area contributed by atoms with Crippen molar-refractivity contribution in [3.05, 3.63) is 87.6 Å². The quantitative estimate of drug-likeness (QED) is 0.152. The van der Waals surface area contributed by atoms with E-state index in [1.54, 1.807) is 6.33 Å². The van der Waals surface area contributed by atoms with Gasteiger partial charge in [-0.2, -0.15) is 15.3 Å². The lowest BCUT2D eigenvalue weighted by Gasteiger charge is -2.40. The number of hydrogen-bond acceptors (Lipinski definition) is 6. The number of nitrogens with zero attached hydrogens (tertiary/aromatic N) is 5. The summed E-state index contributed by atoms with van der Waals surface area (Å²) in [6, 6.07) is 18.2. The lowest BCUT2D eigenvalue weighted by Crippen LogP contribution is -2.46. The third-order valence-electron chi connectivity index (χ3n) is 10.7. The van der Waals surface area contributed by atoms with Crippen molar-refractivity contribution < 1.29 is 9.16 Å². The highest BCUT2D eigenvalue weighted by Gasteiger charge is 2.52. The molecule has 248 valence electrons. The summed E-state index contributed by atoms with van der Waals surface area (Å²) in [6.45, 7) is 14.3. The van der Waals surface area contributed by atoms with Gasteiger partial charge in [-0.05, 0) is 85.8 Å². The molecule has 0 saturated heterocycles. The number of fused-ring (bicyclic) bond motifs is 1. The first kappa shape index (κ1) is 33.3. The maximum Gasteiger partial charge on any atom is 0.259 e. The molecule has 0 amide bonds. The molecule has 47 heavy (non-hydrogen) atoms. The van der Waals surface area contributed by atoms with E-state index in [2.05, 4.69) is 69.1 Å². The smallest absolute Gasteiger partial charge is 0.259 e. The van der Waals surface area contributed by atoms with E-state index < -0.39 is 8.32 Å². The lowest BCUT2D eigenvalue weighted by molar-refractivity contribution is -0.0342. The molecule has 6 rings (SSSR count). The molecular weight excluding hydrogens is 603 g/mol. The van der Waals surface area contributed by atoms with Crippen LogP contribution in [0.4, 0.5) is 0 Å². The Balaban J connectivity index is 1.20. The molecule has 2 heterocycles. The largest absolute Gasteiger partial charge is 0.409 e. The van der Waals surface area contributed by atoms with Crippen LogP contribution < -0.4 is 5.56 Å². The normalized spacial score (nSPS) is 19.5. The molecule has 2 aliphatic carbocycles. The third-order valence-corrected chi connectivity index (χ3v) is 15.2. The summed E-state index contributed by atoms with van der Waals surface area (Å²) >= 11 is 0. The molecule has 2 saturated carbocycles. The van der Waals surface area contributed by atoms with Gasteiger partial charge in [0.25, 0.3) is 5.56 Å². The molecule has 0 aliphatic heterocycles. The van der Waals surface area contributed by atoms with Gasteiger partial charge in [0, 0.05) is 18.0 Å².